The van der Waals surface area contributed by atoms with Crippen molar-refractivity contribution in [2.75, 3.05) is 13.7 Å². The van der Waals surface area contributed by atoms with Gasteiger partial charge in [-0.1, -0.05) is 0 Å². The average molecular weight is 417 g/mol. The van der Waals surface area contributed by atoms with Crippen molar-refractivity contribution < 1.29 is 35.5 Å². The summed E-state index contributed by atoms with van der Waals surface area (Å²) in [5, 5.41) is 0.660. The highest BCUT2D eigenvalue weighted by Gasteiger charge is 2.37. The van der Waals surface area contributed by atoms with Crippen molar-refractivity contribution in [1.29, 1.82) is 0 Å². The van der Waals surface area contributed by atoms with Crippen molar-refractivity contribution in [1.82, 2.24) is 0 Å². The number of rotatable bonds is 5. The fourth-order valence-corrected chi connectivity index (χ4v) is 3.17. The number of fused-ring (bicyclic) bond motifs is 1. The van der Waals surface area contributed by atoms with E-state index in [1.165, 1.54) is 7.11 Å². The number of hydrogen-bond donors (Lipinski definition) is 1. The molecule has 0 aliphatic carbocycles. The molecule has 0 spiro atoms. The van der Waals surface area contributed by atoms with E-state index < -0.39 is 23.5 Å². The molecule has 1 heterocycles. The molecule has 3 aromatic rings. The number of nitrogens with two attached hydrogens (primary N) is 1. The predicted octanol–water partition coefficient (Wildman–Crippen LogP) is 5.57. The molecule has 0 amide bonds. The smallest absolute Gasteiger partial charge is 0.416 e. The van der Waals surface area contributed by atoms with Gasteiger partial charge in [0.2, 0.25) is 0 Å². The molecule has 0 fully saturated rings. The van der Waals surface area contributed by atoms with E-state index in [4.69, 9.17) is 14.9 Å². The molecule has 0 aliphatic rings. The second-order valence-electron chi connectivity index (χ2n) is 6.50. The van der Waals surface area contributed by atoms with Gasteiger partial charge in [-0.2, -0.15) is 26.3 Å². The van der Waals surface area contributed by atoms with Crippen LogP contribution in [0.5, 0.6) is 5.75 Å². The number of hydrogen-bond acceptors (Lipinski definition) is 3. The SMILES string of the molecule is COc1ccc2oc(Cc3cc(C(F)(F)F)cc(C(F)(F)F)c3)c(CCN)c2c1. The van der Waals surface area contributed by atoms with Gasteiger partial charge in [0.25, 0.3) is 0 Å². The molecule has 9 heteroatoms. The minimum Gasteiger partial charge on any atom is -0.497 e. The van der Waals surface area contributed by atoms with Gasteiger partial charge in [-0.05, 0) is 54.9 Å². The van der Waals surface area contributed by atoms with Crippen molar-refractivity contribution in [3.63, 3.8) is 0 Å². The quantitative estimate of drug-likeness (QED) is 0.552. The lowest BCUT2D eigenvalue weighted by Gasteiger charge is -2.14. The van der Waals surface area contributed by atoms with Gasteiger partial charge in [-0.15, -0.1) is 0 Å². The lowest BCUT2D eigenvalue weighted by molar-refractivity contribution is -0.143. The molecular weight excluding hydrogens is 400 g/mol. The highest BCUT2D eigenvalue weighted by Crippen LogP contribution is 2.38. The maximum Gasteiger partial charge on any atom is 0.416 e. The largest absolute Gasteiger partial charge is 0.497 e. The van der Waals surface area contributed by atoms with Gasteiger partial charge in [0.15, 0.2) is 0 Å². The van der Waals surface area contributed by atoms with Crippen LogP contribution in [0.15, 0.2) is 40.8 Å². The minimum atomic E-state index is -4.91. The maximum absolute atomic E-state index is 13.1. The summed E-state index contributed by atoms with van der Waals surface area (Å²) >= 11 is 0. The van der Waals surface area contributed by atoms with E-state index in [-0.39, 0.29) is 30.4 Å². The molecule has 156 valence electrons. The summed E-state index contributed by atoms with van der Waals surface area (Å²) in [5.41, 5.74) is 3.84. The molecule has 0 radical (unpaired) electrons. The lowest BCUT2D eigenvalue weighted by Crippen LogP contribution is -2.12. The van der Waals surface area contributed by atoms with Crippen LogP contribution in [0, 0.1) is 0 Å². The Kier molecular flexibility index (Phi) is 5.53. The van der Waals surface area contributed by atoms with Gasteiger partial charge in [0.1, 0.15) is 17.1 Å². The first kappa shape index (κ1) is 21.0. The summed E-state index contributed by atoms with van der Waals surface area (Å²) in [5.74, 6) is 0.813. The lowest BCUT2D eigenvalue weighted by atomic mass is 9.99. The fourth-order valence-electron chi connectivity index (χ4n) is 3.17. The third kappa shape index (κ3) is 4.50. The van der Waals surface area contributed by atoms with Crippen molar-refractivity contribution in [3.8, 4) is 5.75 Å². The van der Waals surface area contributed by atoms with Crippen LogP contribution in [-0.4, -0.2) is 13.7 Å². The second kappa shape index (κ2) is 7.62. The van der Waals surface area contributed by atoms with Crippen molar-refractivity contribution in [2.24, 2.45) is 5.73 Å². The van der Waals surface area contributed by atoms with Gasteiger partial charge in [-0.3, -0.25) is 0 Å². The van der Waals surface area contributed by atoms with Crippen LogP contribution in [0.1, 0.15) is 28.0 Å². The Hall–Kier alpha value is -2.68. The summed E-state index contributed by atoms with van der Waals surface area (Å²) in [7, 11) is 1.48. The molecule has 0 aliphatic heterocycles. The van der Waals surface area contributed by atoms with E-state index >= 15 is 0 Å². The van der Waals surface area contributed by atoms with E-state index in [0.717, 1.165) is 0 Å². The fraction of sp³-hybridized carbons (Fsp3) is 0.300. The first-order valence-corrected chi connectivity index (χ1v) is 8.59. The Morgan fingerprint density at radius 2 is 1.55 bits per heavy atom. The Morgan fingerprint density at radius 1 is 0.931 bits per heavy atom. The first-order chi connectivity index (χ1) is 13.5. The molecule has 1 aromatic heterocycles. The zero-order valence-electron chi connectivity index (χ0n) is 15.2. The minimum absolute atomic E-state index is 0.105. The van der Waals surface area contributed by atoms with Crippen molar-refractivity contribution >= 4 is 11.0 Å². The van der Waals surface area contributed by atoms with Crippen LogP contribution >= 0.6 is 0 Å². The molecule has 0 atom stereocenters. The number of methoxy groups -OCH3 is 1. The Balaban J connectivity index is 2.11. The standard InChI is InChI=1S/C20H17F6NO2/c1-28-14-2-3-17-16(10-14)15(4-5-27)18(29-17)8-11-6-12(19(21,22)23)9-13(7-11)20(24,25)26/h2-3,6-7,9-10H,4-5,8,27H2,1H3. The van der Waals surface area contributed by atoms with Gasteiger partial charge in [0.05, 0.1) is 18.2 Å². The monoisotopic (exact) mass is 417 g/mol. The van der Waals surface area contributed by atoms with Crippen LogP contribution in [0.3, 0.4) is 0 Å². The van der Waals surface area contributed by atoms with E-state index in [1.54, 1.807) is 18.2 Å². The summed E-state index contributed by atoms with van der Waals surface area (Å²) < 4.78 is 89.5. The third-order valence-corrected chi connectivity index (χ3v) is 4.49. The Bertz CT molecular complexity index is 988. The normalized spacial score (nSPS) is 12.6. The molecule has 2 N–H and O–H groups in total. The molecule has 0 saturated heterocycles. The summed E-state index contributed by atoms with van der Waals surface area (Å²) in [6.07, 6.45) is -9.70. The summed E-state index contributed by atoms with van der Waals surface area (Å²) in [6.45, 7) is 0.231. The number of alkyl halides is 6. The molecule has 3 nitrogen and oxygen atoms in total. The number of furan rings is 1. The number of benzene rings is 2. The zero-order chi connectivity index (χ0) is 21.4. The Morgan fingerprint density at radius 3 is 2.07 bits per heavy atom. The van der Waals surface area contributed by atoms with E-state index in [2.05, 4.69) is 0 Å². The summed E-state index contributed by atoms with van der Waals surface area (Å²) in [4.78, 5) is 0. The van der Waals surface area contributed by atoms with E-state index in [1.807, 2.05) is 0 Å². The van der Waals surface area contributed by atoms with Crippen LogP contribution in [-0.2, 0) is 25.2 Å². The number of ether oxygens (including phenoxy) is 1. The second-order valence-corrected chi connectivity index (χ2v) is 6.50. The zero-order valence-corrected chi connectivity index (χ0v) is 15.2. The topological polar surface area (TPSA) is 48.4 Å². The molecule has 3 rings (SSSR count). The molecule has 2 aromatic carbocycles. The highest BCUT2D eigenvalue weighted by molar-refractivity contribution is 5.84. The van der Waals surface area contributed by atoms with Gasteiger partial charge in [0, 0.05) is 17.4 Å². The molecule has 29 heavy (non-hydrogen) atoms. The molecule has 0 saturated carbocycles. The maximum atomic E-state index is 13.1. The third-order valence-electron chi connectivity index (χ3n) is 4.49. The predicted molar refractivity (Wildman–Crippen MR) is 94.8 cm³/mol. The first-order valence-electron chi connectivity index (χ1n) is 8.59. The highest BCUT2D eigenvalue weighted by atomic mass is 19.4. The van der Waals surface area contributed by atoms with Crippen LogP contribution in [0.2, 0.25) is 0 Å². The van der Waals surface area contributed by atoms with Crippen molar-refractivity contribution in [2.45, 2.75) is 25.2 Å². The van der Waals surface area contributed by atoms with Gasteiger partial charge in [-0.25, -0.2) is 0 Å². The van der Waals surface area contributed by atoms with E-state index in [0.29, 0.717) is 40.8 Å². The van der Waals surface area contributed by atoms with E-state index in [9.17, 15) is 26.3 Å². The van der Waals surface area contributed by atoms with Gasteiger partial charge < -0.3 is 14.9 Å². The molecule has 0 bridgehead atoms. The Labute approximate surface area is 162 Å². The van der Waals surface area contributed by atoms with Gasteiger partial charge >= 0.3 is 12.4 Å². The summed E-state index contributed by atoms with van der Waals surface area (Å²) in [6, 6.07) is 6.48. The molecule has 0 unspecified atom stereocenters. The van der Waals surface area contributed by atoms with Crippen LogP contribution in [0.25, 0.3) is 11.0 Å². The van der Waals surface area contributed by atoms with Crippen LogP contribution < -0.4 is 10.5 Å². The van der Waals surface area contributed by atoms with Crippen molar-refractivity contribution in [3.05, 3.63) is 64.4 Å². The average Bonchev–Trinajstić information content (AvgIpc) is 2.97. The van der Waals surface area contributed by atoms with Crippen LogP contribution in [0.4, 0.5) is 26.3 Å². The molecular formula is C20H17F6NO2. The number of halogens is 6.